The molecular formula is C17H23N4O3+. The van der Waals surface area contributed by atoms with Crippen molar-refractivity contribution >= 4 is 6.09 Å². The van der Waals surface area contributed by atoms with Gasteiger partial charge in [-0.05, 0) is 13.8 Å². The summed E-state index contributed by atoms with van der Waals surface area (Å²) >= 11 is 0. The van der Waals surface area contributed by atoms with Gasteiger partial charge in [0.2, 0.25) is 5.82 Å². The number of carbonyl (C=O) groups is 1. The molecular weight excluding hydrogens is 308 g/mol. The van der Waals surface area contributed by atoms with E-state index in [1.807, 2.05) is 38.1 Å². The van der Waals surface area contributed by atoms with Crippen LogP contribution in [0.5, 0.6) is 0 Å². The van der Waals surface area contributed by atoms with Crippen LogP contribution in [0.4, 0.5) is 4.79 Å². The van der Waals surface area contributed by atoms with Gasteiger partial charge in [-0.1, -0.05) is 35.0 Å². The molecule has 1 amide bonds. The fourth-order valence-corrected chi connectivity index (χ4v) is 2.76. The van der Waals surface area contributed by atoms with Crippen LogP contribution in [0, 0.1) is 6.92 Å². The number of piperazine rings is 1. The van der Waals surface area contributed by atoms with Crippen molar-refractivity contribution in [3.63, 3.8) is 0 Å². The van der Waals surface area contributed by atoms with Gasteiger partial charge in [-0.15, -0.1) is 0 Å². The monoisotopic (exact) mass is 331 g/mol. The highest BCUT2D eigenvalue weighted by molar-refractivity contribution is 5.67. The molecule has 2 heterocycles. The summed E-state index contributed by atoms with van der Waals surface area (Å²) in [6.45, 7) is 8.03. The smallest absolute Gasteiger partial charge is 0.410 e. The van der Waals surface area contributed by atoms with Crippen molar-refractivity contribution < 1.29 is 19.0 Å². The van der Waals surface area contributed by atoms with Gasteiger partial charge < -0.3 is 14.2 Å². The molecule has 1 fully saturated rings. The number of nitrogens with zero attached hydrogens (tertiary/aromatic N) is 3. The zero-order valence-electron chi connectivity index (χ0n) is 14.1. The molecule has 0 unspecified atom stereocenters. The molecule has 1 saturated heterocycles. The standard InChI is InChI=1S/C17H22N4O3/c1-3-23-17(22)21-10-8-20(9-11-21)12-15-18-16(19-24-15)14-6-4-13(2)5-7-14/h4-7H,3,8-12H2,1-2H3/p+1. The minimum atomic E-state index is -0.226. The van der Waals surface area contributed by atoms with Gasteiger partial charge in [0.05, 0.1) is 32.8 Å². The molecule has 0 radical (unpaired) electrons. The van der Waals surface area contributed by atoms with E-state index in [9.17, 15) is 4.79 Å². The Morgan fingerprint density at radius 1 is 1.29 bits per heavy atom. The van der Waals surface area contributed by atoms with E-state index < -0.39 is 0 Å². The van der Waals surface area contributed by atoms with Crippen LogP contribution in [0.3, 0.4) is 0 Å². The molecule has 0 spiro atoms. The van der Waals surface area contributed by atoms with Crippen molar-refractivity contribution in [2.45, 2.75) is 20.4 Å². The summed E-state index contributed by atoms with van der Waals surface area (Å²) in [6, 6.07) is 8.06. The highest BCUT2D eigenvalue weighted by Crippen LogP contribution is 2.15. The largest absolute Gasteiger partial charge is 0.450 e. The van der Waals surface area contributed by atoms with Crippen molar-refractivity contribution in [1.29, 1.82) is 0 Å². The second-order valence-electron chi connectivity index (χ2n) is 5.99. The second kappa shape index (κ2) is 7.44. The van der Waals surface area contributed by atoms with E-state index in [1.54, 1.807) is 4.90 Å². The van der Waals surface area contributed by atoms with Gasteiger partial charge >= 0.3 is 6.09 Å². The Hall–Kier alpha value is -2.41. The Morgan fingerprint density at radius 2 is 2.00 bits per heavy atom. The molecule has 0 atom stereocenters. The van der Waals surface area contributed by atoms with Gasteiger partial charge in [0.1, 0.15) is 0 Å². The Kier molecular flexibility index (Phi) is 5.10. The number of hydrogen-bond acceptors (Lipinski definition) is 5. The molecule has 3 rings (SSSR count). The summed E-state index contributed by atoms with van der Waals surface area (Å²) in [5.74, 6) is 1.25. The summed E-state index contributed by atoms with van der Waals surface area (Å²) in [4.78, 5) is 19.3. The van der Waals surface area contributed by atoms with Crippen LogP contribution >= 0.6 is 0 Å². The van der Waals surface area contributed by atoms with Crippen LogP contribution in [0.2, 0.25) is 0 Å². The van der Waals surface area contributed by atoms with E-state index >= 15 is 0 Å². The summed E-state index contributed by atoms with van der Waals surface area (Å²) in [5.41, 5.74) is 2.16. The van der Waals surface area contributed by atoms with Crippen molar-refractivity contribution in [2.75, 3.05) is 32.8 Å². The Labute approximate surface area is 141 Å². The molecule has 7 heteroatoms. The number of aryl methyl sites for hydroxylation is 1. The first-order valence-electron chi connectivity index (χ1n) is 8.30. The molecule has 2 aromatic rings. The number of carbonyl (C=O) groups excluding carboxylic acids is 1. The van der Waals surface area contributed by atoms with Crippen LogP contribution in [0.15, 0.2) is 28.8 Å². The average molecular weight is 331 g/mol. The average Bonchev–Trinajstić information content (AvgIpc) is 3.05. The minimum Gasteiger partial charge on any atom is -0.450 e. The van der Waals surface area contributed by atoms with Crippen LogP contribution in [-0.4, -0.2) is 53.9 Å². The molecule has 1 N–H and O–H groups in total. The van der Waals surface area contributed by atoms with Crippen LogP contribution < -0.4 is 4.90 Å². The normalized spacial score (nSPS) is 15.5. The SMILES string of the molecule is CCOC(=O)N1CC[NH+](Cc2nc(-c3ccc(C)cc3)no2)CC1. The highest BCUT2D eigenvalue weighted by Gasteiger charge is 2.26. The van der Waals surface area contributed by atoms with Crippen molar-refractivity contribution in [1.82, 2.24) is 15.0 Å². The minimum absolute atomic E-state index is 0.226. The lowest BCUT2D eigenvalue weighted by molar-refractivity contribution is -0.919. The number of nitrogens with one attached hydrogen (secondary N) is 1. The first-order valence-corrected chi connectivity index (χ1v) is 8.30. The maximum absolute atomic E-state index is 11.7. The van der Waals surface area contributed by atoms with E-state index in [0.717, 1.165) is 18.7 Å². The molecule has 1 aromatic carbocycles. The quantitative estimate of drug-likeness (QED) is 0.901. The van der Waals surface area contributed by atoms with Gasteiger partial charge in [-0.3, -0.25) is 4.90 Å². The molecule has 0 aliphatic carbocycles. The summed E-state index contributed by atoms with van der Waals surface area (Å²) < 4.78 is 10.4. The maximum Gasteiger partial charge on any atom is 0.410 e. The highest BCUT2D eigenvalue weighted by atomic mass is 16.6. The predicted molar refractivity (Wildman–Crippen MR) is 87.5 cm³/mol. The van der Waals surface area contributed by atoms with Gasteiger partial charge in [0.25, 0.3) is 5.89 Å². The fourth-order valence-electron chi connectivity index (χ4n) is 2.76. The molecule has 1 aromatic heterocycles. The van der Waals surface area contributed by atoms with E-state index in [4.69, 9.17) is 9.26 Å². The summed E-state index contributed by atoms with van der Waals surface area (Å²) in [7, 11) is 0. The Morgan fingerprint density at radius 3 is 2.67 bits per heavy atom. The number of quaternary nitrogens is 1. The Balaban J connectivity index is 1.54. The molecule has 1 aliphatic rings. The van der Waals surface area contributed by atoms with Crippen LogP contribution in [0.1, 0.15) is 18.4 Å². The molecule has 1 aliphatic heterocycles. The number of ether oxygens (including phenoxy) is 1. The van der Waals surface area contributed by atoms with Crippen molar-refractivity contribution in [3.05, 3.63) is 35.7 Å². The van der Waals surface area contributed by atoms with E-state index in [1.165, 1.54) is 10.5 Å². The topological polar surface area (TPSA) is 72.9 Å². The van der Waals surface area contributed by atoms with Gasteiger partial charge in [0, 0.05) is 5.56 Å². The van der Waals surface area contributed by atoms with Crippen molar-refractivity contribution in [3.8, 4) is 11.4 Å². The number of rotatable bonds is 4. The Bertz CT molecular complexity index is 675. The third kappa shape index (κ3) is 3.91. The molecule has 7 nitrogen and oxygen atoms in total. The molecule has 128 valence electrons. The predicted octanol–water partition coefficient (Wildman–Crippen LogP) is 0.902. The van der Waals surface area contributed by atoms with E-state index in [0.29, 0.717) is 38.0 Å². The van der Waals surface area contributed by atoms with Gasteiger partial charge in [-0.25, -0.2) is 4.79 Å². The van der Waals surface area contributed by atoms with E-state index in [-0.39, 0.29) is 6.09 Å². The number of hydrogen-bond donors (Lipinski definition) is 1. The van der Waals surface area contributed by atoms with Gasteiger partial charge in [0.15, 0.2) is 6.54 Å². The zero-order chi connectivity index (χ0) is 16.9. The lowest BCUT2D eigenvalue weighted by atomic mass is 10.1. The maximum atomic E-state index is 11.7. The summed E-state index contributed by atoms with van der Waals surface area (Å²) in [6.07, 6.45) is -0.226. The number of amides is 1. The third-order valence-corrected chi connectivity index (χ3v) is 4.18. The molecule has 0 saturated carbocycles. The lowest BCUT2D eigenvalue weighted by Crippen LogP contribution is -3.13. The molecule has 0 bridgehead atoms. The summed E-state index contributed by atoms with van der Waals surface area (Å²) in [5, 5.41) is 4.07. The van der Waals surface area contributed by atoms with Crippen LogP contribution in [0.25, 0.3) is 11.4 Å². The van der Waals surface area contributed by atoms with Crippen molar-refractivity contribution in [2.24, 2.45) is 0 Å². The fraction of sp³-hybridized carbons (Fsp3) is 0.471. The zero-order valence-corrected chi connectivity index (χ0v) is 14.1. The number of benzene rings is 1. The first kappa shape index (κ1) is 16.4. The first-order chi connectivity index (χ1) is 11.7. The molecule has 24 heavy (non-hydrogen) atoms. The third-order valence-electron chi connectivity index (χ3n) is 4.18. The number of aromatic nitrogens is 2. The second-order valence-corrected chi connectivity index (χ2v) is 5.99. The van der Waals surface area contributed by atoms with Gasteiger partial charge in [-0.2, -0.15) is 4.98 Å². The lowest BCUT2D eigenvalue weighted by Gasteiger charge is -2.30. The van der Waals surface area contributed by atoms with E-state index in [2.05, 4.69) is 10.1 Å². The van der Waals surface area contributed by atoms with Crippen LogP contribution in [-0.2, 0) is 11.3 Å².